The molecule has 1 aromatic carbocycles. The molecule has 1 atom stereocenters. The average molecular weight is 339 g/mol. The van der Waals surface area contributed by atoms with Gasteiger partial charge in [-0.3, -0.25) is 0 Å². The highest BCUT2D eigenvalue weighted by molar-refractivity contribution is 7.89. The molecule has 23 heavy (non-hydrogen) atoms. The summed E-state index contributed by atoms with van der Waals surface area (Å²) in [6.45, 7) is 6.18. The SMILES string of the molecule is CC[C@H](CCO)CNc1ccc(C#N)cc1S(=O)(=O)NC(C)C. The van der Waals surface area contributed by atoms with Crippen molar-refractivity contribution in [1.29, 1.82) is 5.26 Å². The fraction of sp³-hybridized carbons (Fsp3) is 0.562. The maximum atomic E-state index is 12.5. The summed E-state index contributed by atoms with van der Waals surface area (Å²) in [4.78, 5) is 0.0732. The Hall–Kier alpha value is -1.62. The first kappa shape index (κ1) is 19.4. The van der Waals surface area contributed by atoms with E-state index in [9.17, 15) is 8.42 Å². The Morgan fingerprint density at radius 3 is 2.57 bits per heavy atom. The van der Waals surface area contributed by atoms with Crippen molar-refractivity contribution in [2.24, 2.45) is 5.92 Å². The standard InChI is InChI=1S/C16H25N3O3S/c1-4-13(7-8-20)11-18-15-6-5-14(10-17)9-16(15)23(21,22)19-12(2)3/h5-6,9,12-13,18-20H,4,7-8,11H2,1-3H3/t13-/m1/s1. The molecule has 0 saturated heterocycles. The van der Waals surface area contributed by atoms with Crippen LogP contribution < -0.4 is 10.0 Å². The van der Waals surface area contributed by atoms with E-state index in [1.807, 2.05) is 13.0 Å². The molecule has 0 fully saturated rings. The number of sulfonamides is 1. The van der Waals surface area contributed by atoms with Crippen molar-refractivity contribution in [1.82, 2.24) is 4.72 Å². The van der Waals surface area contributed by atoms with Gasteiger partial charge in [-0.2, -0.15) is 5.26 Å². The number of hydrogen-bond donors (Lipinski definition) is 3. The normalized spacial score (nSPS) is 12.9. The van der Waals surface area contributed by atoms with Crippen LogP contribution in [0.2, 0.25) is 0 Å². The van der Waals surface area contributed by atoms with E-state index >= 15 is 0 Å². The number of benzene rings is 1. The van der Waals surface area contributed by atoms with Gasteiger partial charge in [0.25, 0.3) is 0 Å². The zero-order valence-electron chi connectivity index (χ0n) is 13.8. The second-order valence-electron chi connectivity index (χ2n) is 5.77. The predicted octanol–water partition coefficient (Wildman–Crippen LogP) is 2.07. The number of aliphatic hydroxyl groups excluding tert-OH is 1. The van der Waals surface area contributed by atoms with Crippen LogP contribution in [-0.2, 0) is 10.0 Å². The molecule has 0 heterocycles. The number of nitrogens with one attached hydrogen (secondary N) is 2. The summed E-state index contributed by atoms with van der Waals surface area (Å²) in [5.41, 5.74) is 0.760. The van der Waals surface area contributed by atoms with E-state index in [0.717, 1.165) is 6.42 Å². The molecule has 6 nitrogen and oxygen atoms in total. The molecule has 0 aliphatic heterocycles. The lowest BCUT2D eigenvalue weighted by atomic mass is 10.0. The summed E-state index contributed by atoms with van der Waals surface area (Å²) in [6, 6.07) is 6.30. The second-order valence-corrected chi connectivity index (χ2v) is 7.45. The van der Waals surface area contributed by atoms with Crippen LogP contribution in [0, 0.1) is 17.2 Å². The lowest BCUT2D eigenvalue weighted by molar-refractivity contribution is 0.258. The number of aliphatic hydroxyl groups is 1. The molecule has 0 amide bonds. The molecular formula is C16H25N3O3S. The lowest BCUT2D eigenvalue weighted by Gasteiger charge is -2.18. The average Bonchev–Trinajstić information content (AvgIpc) is 2.50. The number of rotatable bonds is 9. The molecule has 0 saturated carbocycles. The summed E-state index contributed by atoms with van der Waals surface area (Å²) in [5.74, 6) is 0.254. The van der Waals surface area contributed by atoms with Crippen molar-refractivity contribution in [2.75, 3.05) is 18.5 Å². The van der Waals surface area contributed by atoms with Crippen LogP contribution in [0.25, 0.3) is 0 Å². The summed E-state index contributed by atoms with van der Waals surface area (Å²) in [7, 11) is -3.70. The first-order valence-electron chi connectivity index (χ1n) is 7.75. The Bertz CT molecular complexity index is 651. The highest BCUT2D eigenvalue weighted by Gasteiger charge is 2.20. The number of nitrogens with zero attached hydrogens (tertiary/aromatic N) is 1. The first-order chi connectivity index (χ1) is 10.8. The third-order valence-electron chi connectivity index (χ3n) is 3.49. The summed E-state index contributed by atoms with van der Waals surface area (Å²) >= 11 is 0. The quantitative estimate of drug-likeness (QED) is 0.639. The molecule has 0 aromatic heterocycles. The summed E-state index contributed by atoms with van der Waals surface area (Å²) in [6.07, 6.45) is 1.54. The van der Waals surface area contributed by atoms with Gasteiger partial charge in [0, 0.05) is 19.2 Å². The van der Waals surface area contributed by atoms with E-state index < -0.39 is 10.0 Å². The zero-order valence-corrected chi connectivity index (χ0v) is 14.7. The van der Waals surface area contributed by atoms with Crippen LogP contribution in [0.5, 0.6) is 0 Å². The molecule has 0 bridgehead atoms. The van der Waals surface area contributed by atoms with Gasteiger partial charge in [0.05, 0.1) is 17.3 Å². The largest absolute Gasteiger partial charge is 0.396 e. The monoisotopic (exact) mass is 339 g/mol. The van der Waals surface area contributed by atoms with Gasteiger partial charge in [-0.15, -0.1) is 0 Å². The molecule has 128 valence electrons. The maximum absolute atomic E-state index is 12.5. The van der Waals surface area contributed by atoms with Gasteiger partial charge in [-0.25, -0.2) is 13.1 Å². The molecule has 0 radical (unpaired) electrons. The molecule has 1 aromatic rings. The molecule has 0 spiro atoms. The highest BCUT2D eigenvalue weighted by atomic mass is 32.2. The van der Waals surface area contributed by atoms with Crippen molar-refractivity contribution in [2.45, 2.75) is 44.6 Å². The van der Waals surface area contributed by atoms with Crippen LogP contribution in [-0.4, -0.2) is 32.7 Å². The molecule has 0 unspecified atom stereocenters. The fourth-order valence-corrected chi connectivity index (χ4v) is 3.68. The Morgan fingerprint density at radius 1 is 1.35 bits per heavy atom. The molecule has 1 rings (SSSR count). The van der Waals surface area contributed by atoms with Crippen molar-refractivity contribution in [3.05, 3.63) is 23.8 Å². The minimum absolute atomic E-state index is 0.0732. The first-order valence-corrected chi connectivity index (χ1v) is 9.23. The van der Waals surface area contributed by atoms with Gasteiger partial charge < -0.3 is 10.4 Å². The Morgan fingerprint density at radius 2 is 2.04 bits per heavy atom. The highest BCUT2D eigenvalue weighted by Crippen LogP contribution is 2.24. The number of anilines is 1. The minimum atomic E-state index is -3.70. The Kier molecular flexibility index (Phi) is 7.49. The van der Waals surface area contributed by atoms with Crippen LogP contribution in [0.1, 0.15) is 39.2 Å². The second kappa shape index (κ2) is 8.87. The predicted molar refractivity (Wildman–Crippen MR) is 90.6 cm³/mol. The van der Waals surface area contributed by atoms with Crippen molar-refractivity contribution >= 4 is 15.7 Å². The summed E-state index contributed by atoms with van der Waals surface area (Å²) in [5, 5.41) is 21.2. The van der Waals surface area contributed by atoms with Gasteiger partial charge in [-0.1, -0.05) is 13.3 Å². The number of nitriles is 1. The van der Waals surface area contributed by atoms with Crippen molar-refractivity contribution < 1.29 is 13.5 Å². The topological polar surface area (TPSA) is 102 Å². The van der Waals surface area contributed by atoms with E-state index in [1.54, 1.807) is 26.0 Å². The smallest absolute Gasteiger partial charge is 0.242 e. The van der Waals surface area contributed by atoms with Crippen molar-refractivity contribution in [3.63, 3.8) is 0 Å². The maximum Gasteiger partial charge on any atom is 0.242 e. The van der Waals surface area contributed by atoms with Gasteiger partial charge in [0.15, 0.2) is 0 Å². The van der Waals surface area contributed by atoms with Crippen LogP contribution in [0.3, 0.4) is 0 Å². The third kappa shape index (κ3) is 5.82. The van der Waals surface area contributed by atoms with E-state index in [-0.39, 0.29) is 23.5 Å². The van der Waals surface area contributed by atoms with Gasteiger partial charge in [0.2, 0.25) is 10.0 Å². The van der Waals surface area contributed by atoms with E-state index in [0.29, 0.717) is 24.2 Å². The van der Waals surface area contributed by atoms with E-state index in [4.69, 9.17) is 10.4 Å². The van der Waals surface area contributed by atoms with Crippen LogP contribution >= 0.6 is 0 Å². The summed E-state index contributed by atoms with van der Waals surface area (Å²) < 4.78 is 27.5. The van der Waals surface area contributed by atoms with Crippen LogP contribution in [0.4, 0.5) is 5.69 Å². The van der Waals surface area contributed by atoms with E-state index in [1.165, 1.54) is 6.07 Å². The van der Waals surface area contributed by atoms with Gasteiger partial charge in [-0.05, 0) is 44.4 Å². The van der Waals surface area contributed by atoms with Crippen molar-refractivity contribution in [3.8, 4) is 6.07 Å². The zero-order chi connectivity index (χ0) is 17.5. The molecule has 3 N–H and O–H groups in total. The minimum Gasteiger partial charge on any atom is -0.396 e. The number of hydrogen-bond acceptors (Lipinski definition) is 5. The van der Waals surface area contributed by atoms with Crippen LogP contribution in [0.15, 0.2) is 23.1 Å². The lowest BCUT2D eigenvalue weighted by Crippen LogP contribution is -2.31. The molecule has 0 aliphatic rings. The third-order valence-corrected chi connectivity index (χ3v) is 5.19. The fourth-order valence-electron chi connectivity index (χ4n) is 2.22. The van der Waals surface area contributed by atoms with Gasteiger partial charge in [0.1, 0.15) is 4.90 Å². The molecule has 0 aliphatic carbocycles. The Labute approximate surface area is 138 Å². The molecule has 7 heteroatoms. The van der Waals surface area contributed by atoms with E-state index in [2.05, 4.69) is 10.0 Å². The Balaban J connectivity index is 3.10. The molecular weight excluding hydrogens is 314 g/mol. The van der Waals surface area contributed by atoms with Gasteiger partial charge >= 0.3 is 0 Å².